The number of hydrogen-bond donors (Lipinski definition) is 1. The summed E-state index contributed by atoms with van der Waals surface area (Å²) in [4.78, 5) is 10.7. The highest BCUT2D eigenvalue weighted by molar-refractivity contribution is 5.72. The maximum atomic E-state index is 10.7. The van der Waals surface area contributed by atoms with E-state index in [-0.39, 0.29) is 0 Å². The number of ether oxygens (including phenoxy) is 1. The lowest BCUT2D eigenvalue weighted by Gasteiger charge is -2.15. The van der Waals surface area contributed by atoms with Crippen LogP contribution in [0, 0.1) is 6.92 Å². The lowest BCUT2D eigenvalue weighted by atomic mass is 10.0. The zero-order valence-electron chi connectivity index (χ0n) is 10.2. The van der Waals surface area contributed by atoms with Crippen molar-refractivity contribution >= 4 is 5.97 Å². The molecule has 0 amide bonds. The molecule has 0 aliphatic heterocycles. The van der Waals surface area contributed by atoms with Crippen molar-refractivity contribution in [3.8, 4) is 5.75 Å². The van der Waals surface area contributed by atoms with E-state index in [9.17, 15) is 4.79 Å². The molecule has 16 heavy (non-hydrogen) atoms. The maximum absolute atomic E-state index is 10.7. The number of hydrogen-bond acceptors (Lipinski definition) is 2. The van der Waals surface area contributed by atoms with Crippen LogP contribution in [0.4, 0.5) is 0 Å². The quantitative estimate of drug-likeness (QED) is 0.851. The summed E-state index contributed by atoms with van der Waals surface area (Å²) in [5, 5.41) is 8.79. The zero-order chi connectivity index (χ0) is 12.3. The minimum Gasteiger partial charge on any atom is -0.479 e. The van der Waals surface area contributed by atoms with E-state index in [1.165, 1.54) is 6.92 Å². The van der Waals surface area contributed by atoms with Gasteiger partial charge in [0.25, 0.3) is 0 Å². The van der Waals surface area contributed by atoms with Crippen LogP contribution in [-0.4, -0.2) is 17.2 Å². The fourth-order valence-corrected chi connectivity index (χ4v) is 1.34. The number of carboxylic acids is 1. The van der Waals surface area contributed by atoms with Crippen molar-refractivity contribution in [2.75, 3.05) is 0 Å². The Balaban J connectivity index is 2.94. The molecule has 3 nitrogen and oxygen atoms in total. The van der Waals surface area contributed by atoms with Crippen LogP contribution in [0.5, 0.6) is 5.75 Å². The highest BCUT2D eigenvalue weighted by atomic mass is 16.5. The maximum Gasteiger partial charge on any atom is 0.344 e. The molecule has 1 rings (SSSR count). The van der Waals surface area contributed by atoms with Crippen molar-refractivity contribution in [1.82, 2.24) is 0 Å². The zero-order valence-corrected chi connectivity index (χ0v) is 10.2. The number of benzene rings is 1. The molecule has 0 bridgehead atoms. The molecule has 1 N–H and O–H groups in total. The molecule has 3 heteroatoms. The third-order valence-electron chi connectivity index (χ3n) is 2.53. The first-order valence-corrected chi connectivity index (χ1v) is 5.41. The highest BCUT2D eigenvalue weighted by Gasteiger charge is 2.14. The van der Waals surface area contributed by atoms with Crippen LogP contribution >= 0.6 is 0 Å². The van der Waals surface area contributed by atoms with Gasteiger partial charge in [-0.3, -0.25) is 0 Å². The van der Waals surface area contributed by atoms with E-state index in [0.717, 1.165) is 11.1 Å². The van der Waals surface area contributed by atoms with E-state index in [4.69, 9.17) is 9.84 Å². The Kier molecular flexibility index (Phi) is 3.93. The molecule has 0 saturated heterocycles. The molecule has 88 valence electrons. The molecule has 1 aromatic rings. The Bertz CT molecular complexity index is 383. The van der Waals surface area contributed by atoms with Gasteiger partial charge >= 0.3 is 5.97 Å². The standard InChI is InChI=1S/C13H18O3/c1-8(2)11-6-5-9(3)12(7-11)16-10(4)13(14)15/h5-8,10H,1-4H3,(H,14,15)/t10-/m1/s1. The Morgan fingerprint density at radius 2 is 1.94 bits per heavy atom. The van der Waals surface area contributed by atoms with Crippen LogP contribution < -0.4 is 4.74 Å². The van der Waals surface area contributed by atoms with Gasteiger partial charge in [-0.05, 0) is 37.0 Å². The molecule has 0 saturated carbocycles. The van der Waals surface area contributed by atoms with Gasteiger partial charge in [0.2, 0.25) is 0 Å². The van der Waals surface area contributed by atoms with Crippen molar-refractivity contribution in [3.63, 3.8) is 0 Å². The van der Waals surface area contributed by atoms with Crippen LogP contribution in [0.15, 0.2) is 18.2 Å². The molecule has 0 heterocycles. The van der Waals surface area contributed by atoms with Crippen LogP contribution in [0.3, 0.4) is 0 Å². The van der Waals surface area contributed by atoms with Gasteiger partial charge in [-0.25, -0.2) is 4.79 Å². The van der Waals surface area contributed by atoms with Crippen molar-refractivity contribution in [2.24, 2.45) is 0 Å². The Hall–Kier alpha value is -1.51. The van der Waals surface area contributed by atoms with Gasteiger partial charge < -0.3 is 9.84 Å². The largest absolute Gasteiger partial charge is 0.479 e. The summed E-state index contributed by atoms with van der Waals surface area (Å²) in [6.07, 6.45) is -0.818. The lowest BCUT2D eigenvalue weighted by molar-refractivity contribution is -0.144. The van der Waals surface area contributed by atoms with Gasteiger partial charge in [0.15, 0.2) is 6.10 Å². The van der Waals surface area contributed by atoms with Crippen molar-refractivity contribution < 1.29 is 14.6 Å². The van der Waals surface area contributed by atoms with Crippen molar-refractivity contribution in [2.45, 2.75) is 39.7 Å². The van der Waals surface area contributed by atoms with Gasteiger partial charge in [0.1, 0.15) is 5.75 Å². The number of carbonyl (C=O) groups is 1. The first-order chi connectivity index (χ1) is 7.41. The topological polar surface area (TPSA) is 46.5 Å². The second-order valence-corrected chi connectivity index (χ2v) is 4.28. The normalized spacial score (nSPS) is 12.6. The molecule has 0 aliphatic rings. The average molecular weight is 222 g/mol. The van der Waals surface area contributed by atoms with Gasteiger partial charge in [-0.2, -0.15) is 0 Å². The Labute approximate surface area is 96.1 Å². The van der Waals surface area contributed by atoms with Gasteiger partial charge in [-0.1, -0.05) is 26.0 Å². The van der Waals surface area contributed by atoms with Gasteiger partial charge in [0.05, 0.1) is 0 Å². The molecular formula is C13H18O3. The van der Waals surface area contributed by atoms with Crippen LogP contribution in [0.25, 0.3) is 0 Å². The number of aliphatic carboxylic acids is 1. The van der Waals surface area contributed by atoms with E-state index in [0.29, 0.717) is 11.7 Å². The molecule has 0 unspecified atom stereocenters. The molecular weight excluding hydrogens is 204 g/mol. The third kappa shape index (κ3) is 2.99. The van der Waals surface area contributed by atoms with E-state index in [2.05, 4.69) is 13.8 Å². The average Bonchev–Trinajstić information content (AvgIpc) is 2.20. The minimum atomic E-state index is -0.950. The summed E-state index contributed by atoms with van der Waals surface area (Å²) < 4.78 is 5.40. The first kappa shape index (κ1) is 12.6. The molecule has 1 aromatic carbocycles. The third-order valence-corrected chi connectivity index (χ3v) is 2.53. The van der Waals surface area contributed by atoms with Crippen LogP contribution in [0.2, 0.25) is 0 Å². The van der Waals surface area contributed by atoms with Crippen molar-refractivity contribution in [3.05, 3.63) is 29.3 Å². The van der Waals surface area contributed by atoms with E-state index in [1.54, 1.807) is 0 Å². The predicted octanol–water partition coefficient (Wildman–Crippen LogP) is 2.97. The summed E-state index contributed by atoms with van der Waals surface area (Å²) in [5.74, 6) is 0.110. The summed E-state index contributed by atoms with van der Waals surface area (Å²) in [6.45, 7) is 7.63. The van der Waals surface area contributed by atoms with Gasteiger partial charge in [0, 0.05) is 0 Å². The van der Waals surface area contributed by atoms with Crippen molar-refractivity contribution in [1.29, 1.82) is 0 Å². The highest BCUT2D eigenvalue weighted by Crippen LogP contribution is 2.25. The molecule has 0 radical (unpaired) electrons. The van der Waals surface area contributed by atoms with E-state index in [1.807, 2.05) is 25.1 Å². The second kappa shape index (κ2) is 5.01. The van der Waals surface area contributed by atoms with E-state index < -0.39 is 12.1 Å². The molecule has 0 spiro atoms. The molecule has 0 fully saturated rings. The smallest absolute Gasteiger partial charge is 0.344 e. The van der Waals surface area contributed by atoms with Crippen LogP contribution in [0.1, 0.15) is 37.8 Å². The Morgan fingerprint density at radius 1 is 1.31 bits per heavy atom. The molecule has 1 atom stereocenters. The number of aryl methyl sites for hydroxylation is 1. The Morgan fingerprint density at radius 3 is 2.44 bits per heavy atom. The monoisotopic (exact) mass is 222 g/mol. The summed E-state index contributed by atoms with van der Waals surface area (Å²) in [6, 6.07) is 5.91. The minimum absolute atomic E-state index is 0.406. The summed E-state index contributed by atoms with van der Waals surface area (Å²) in [7, 11) is 0. The fourth-order valence-electron chi connectivity index (χ4n) is 1.34. The van der Waals surface area contributed by atoms with Gasteiger partial charge in [-0.15, -0.1) is 0 Å². The number of carboxylic acid groups (broad SMARTS) is 1. The predicted molar refractivity (Wildman–Crippen MR) is 63.0 cm³/mol. The SMILES string of the molecule is Cc1ccc(C(C)C)cc1O[C@H](C)C(=O)O. The second-order valence-electron chi connectivity index (χ2n) is 4.28. The fraction of sp³-hybridized carbons (Fsp3) is 0.462. The first-order valence-electron chi connectivity index (χ1n) is 5.41. The van der Waals surface area contributed by atoms with E-state index >= 15 is 0 Å². The molecule has 0 aliphatic carbocycles. The summed E-state index contributed by atoms with van der Waals surface area (Å²) in [5.41, 5.74) is 2.11. The van der Waals surface area contributed by atoms with Crippen LogP contribution in [-0.2, 0) is 4.79 Å². The summed E-state index contributed by atoms with van der Waals surface area (Å²) >= 11 is 0. The lowest BCUT2D eigenvalue weighted by Crippen LogP contribution is -2.23. The molecule has 0 aromatic heterocycles. The number of rotatable bonds is 4.